The number of carbonyl (C=O) groups is 1. The summed E-state index contributed by atoms with van der Waals surface area (Å²) < 4.78 is 14.2. The molecule has 0 aliphatic carbocycles. The van der Waals surface area contributed by atoms with E-state index >= 15 is 0 Å². The maximum Gasteiger partial charge on any atom is 0.253 e. The summed E-state index contributed by atoms with van der Waals surface area (Å²) in [5.41, 5.74) is 4.75. The van der Waals surface area contributed by atoms with E-state index in [9.17, 15) is 9.18 Å². The first-order valence-electron chi connectivity index (χ1n) is 8.68. The quantitative estimate of drug-likeness (QED) is 0.559. The van der Waals surface area contributed by atoms with Crippen molar-refractivity contribution in [3.63, 3.8) is 0 Å². The molecule has 0 spiro atoms. The van der Waals surface area contributed by atoms with Crippen molar-refractivity contribution in [3.8, 4) is 11.3 Å². The highest BCUT2D eigenvalue weighted by molar-refractivity contribution is 5.94. The zero-order chi connectivity index (χ0) is 18.8. The monoisotopic (exact) mass is 359 g/mol. The molecule has 0 saturated heterocycles. The molecule has 27 heavy (non-hydrogen) atoms. The average Bonchev–Trinajstić information content (AvgIpc) is 3.03. The minimum Gasteiger partial charge on any atom is -0.354 e. The molecule has 4 aromatic rings. The van der Waals surface area contributed by atoms with Crippen LogP contribution in [0.2, 0.25) is 0 Å². The van der Waals surface area contributed by atoms with Crippen LogP contribution in [0, 0.1) is 12.7 Å². The Hall–Kier alpha value is -3.47. The Balaban J connectivity index is 1.60. The lowest BCUT2D eigenvalue weighted by Crippen LogP contribution is -2.22. The number of carbonyl (C=O) groups excluding carboxylic acids is 1. The van der Waals surface area contributed by atoms with Crippen LogP contribution in [0.25, 0.3) is 22.2 Å². The van der Waals surface area contributed by atoms with E-state index in [0.29, 0.717) is 17.7 Å². The molecule has 2 heterocycles. The highest BCUT2D eigenvalue weighted by Gasteiger charge is 2.13. The van der Waals surface area contributed by atoms with Crippen molar-refractivity contribution >= 4 is 16.8 Å². The summed E-state index contributed by atoms with van der Waals surface area (Å²) in [5.74, 6) is -0.419. The number of nitrogens with zero attached hydrogens (tertiary/aromatic N) is 1. The van der Waals surface area contributed by atoms with Gasteiger partial charge in [0.05, 0.1) is 11.3 Å². The van der Waals surface area contributed by atoms with Crippen LogP contribution < -0.4 is 5.32 Å². The van der Waals surface area contributed by atoms with E-state index in [-0.39, 0.29) is 11.7 Å². The predicted molar refractivity (Wildman–Crippen MR) is 104 cm³/mol. The number of fused-ring (bicyclic) bond motifs is 1. The second-order valence-corrected chi connectivity index (χ2v) is 6.41. The summed E-state index contributed by atoms with van der Waals surface area (Å²) in [6.07, 6.45) is 3.17. The van der Waals surface area contributed by atoms with E-state index in [4.69, 9.17) is 0 Å². The topological polar surface area (TPSA) is 57.8 Å². The van der Waals surface area contributed by atoms with Crippen LogP contribution in [0.4, 0.5) is 4.39 Å². The minimum absolute atomic E-state index is 0.166. The third-order valence-corrected chi connectivity index (χ3v) is 4.64. The van der Waals surface area contributed by atoms with Gasteiger partial charge in [-0.25, -0.2) is 4.39 Å². The lowest BCUT2D eigenvalue weighted by Gasteiger charge is -2.06. The molecule has 0 aliphatic rings. The van der Waals surface area contributed by atoms with Gasteiger partial charge in [-0.1, -0.05) is 18.2 Å². The van der Waals surface area contributed by atoms with Crippen molar-refractivity contribution in [2.75, 3.05) is 0 Å². The van der Waals surface area contributed by atoms with Gasteiger partial charge in [0.1, 0.15) is 5.82 Å². The number of nitrogens with one attached hydrogen (secondary N) is 2. The molecule has 1 amide bonds. The number of pyridine rings is 1. The van der Waals surface area contributed by atoms with Crippen LogP contribution in [0.1, 0.15) is 21.5 Å². The number of aromatic nitrogens is 2. The van der Waals surface area contributed by atoms with Gasteiger partial charge in [0.2, 0.25) is 0 Å². The maximum absolute atomic E-state index is 14.2. The van der Waals surface area contributed by atoms with Crippen molar-refractivity contribution in [3.05, 3.63) is 89.5 Å². The van der Waals surface area contributed by atoms with Crippen LogP contribution in [0.3, 0.4) is 0 Å². The molecular formula is C22H18FN3O. The SMILES string of the molecule is Cc1c(-c2ccccc2F)[nH]c2ccc(CNC(=O)c3cccnc3)cc12. The van der Waals surface area contributed by atoms with E-state index in [0.717, 1.165) is 27.7 Å². The summed E-state index contributed by atoms with van der Waals surface area (Å²) in [7, 11) is 0. The first-order valence-corrected chi connectivity index (χ1v) is 8.68. The molecule has 4 nitrogen and oxygen atoms in total. The molecule has 2 aromatic carbocycles. The van der Waals surface area contributed by atoms with Crippen LogP contribution >= 0.6 is 0 Å². The molecule has 0 atom stereocenters. The first kappa shape index (κ1) is 17.0. The summed E-state index contributed by atoms with van der Waals surface area (Å²) in [4.78, 5) is 19.4. The molecule has 4 rings (SSSR count). The minimum atomic E-state index is -0.254. The van der Waals surface area contributed by atoms with E-state index in [2.05, 4.69) is 15.3 Å². The fourth-order valence-corrected chi connectivity index (χ4v) is 3.20. The number of halogens is 1. The average molecular weight is 359 g/mol. The lowest BCUT2D eigenvalue weighted by molar-refractivity contribution is 0.0950. The number of hydrogen-bond donors (Lipinski definition) is 2. The van der Waals surface area contributed by atoms with Gasteiger partial charge in [-0.15, -0.1) is 0 Å². The summed E-state index contributed by atoms with van der Waals surface area (Å²) >= 11 is 0. The zero-order valence-electron chi connectivity index (χ0n) is 14.8. The molecule has 0 fully saturated rings. The molecule has 2 N–H and O–H groups in total. The smallest absolute Gasteiger partial charge is 0.253 e. The number of aromatic amines is 1. The van der Waals surface area contributed by atoms with Gasteiger partial charge in [0, 0.05) is 35.4 Å². The van der Waals surface area contributed by atoms with Crippen LogP contribution in [-0.4, -0.2) is 15.9 Å². The lowest BCUT2D eigenvalue weighted by atomic mass is 10.0. The predicted octanol–water partition coefficient (Wildman–Crippen LogP) is 4.61. The van der Waals surface area contributed by atoms with Crippen molar-refractivity contribution < 1.29 is 9.18 Å². The van der Waals surface area contributed by atoms with Crippen molar-refractivity contribution in [2.45, 2.75) is 13.5 Å². The van der Waals surface area contributed by atoms with E-state index in [1.54, 1.807) is 30.5 Å². The molecule has 0 saturated carbocycles. The van der Waals surface area contributed by atoms with Crippen molar-refractivity contribution in [2.24, 2.45) is 0 Å². The second-order valence-electron chi connectivity index (χ2n) is 6.41. The molecule has 0 radical (unpaired) electrons. The highest BCUT2D eigenvalue weighted by Crippen LogP contribution is 2.31. The van der Waals surface area contributed by atoms with E-state index in [1.165, 1.54) is 12.3 Å². The van der Waals surface area contributed by atoms with Gasteiger partial charge in [0.25, 0.3) is 5.91 Å². The molecule has 2 aromatic heterocycles. The van der Waals surface area contributed by atoms with Crippen LogP contribution in [0.15, 0.2) is 67.0 Å². The molecule has 134 valence electrons. The zero-order valence-corrected chi connectivity index (χ0v) is 14.8. The molecular weight excluding hydrogens is 341 g/mol. The van der Waals surface area contributed by atoms with Crippen LogP contribution in [0.5, 0.6) is 0 Å². The van der Waals surface area contributed by atoms with Gasteiger partial charge >= 0.3 is 0 Å². The Labute approximate surface area is 156 Å². The molecule has 0 aliphatic heterocycles. The number of H-pyrrole nitrogens is 1. The van der Waals surface area contributed by atoms with Gasteiger partial charge < -0.3 is 10.3 Å². The molecule has 0 unspecified atom stereocenters. The fourth-order valence-electron chi connectivity index (χ4n) is 3.20. The number of amides is 1. The van der Waals surface area contributed by atoms with Crippen LogP contribution in [-0.2, 0) is 6.54 Å². The Bertz CT molecular complexity index is 1120. The number of rotatable bonds is 4. The Morgan fingerprint density at radius 2 is 2.00 bits per heavy atom. The Morgan fingerprint density at radius 1 is 1.15 bits per heavy atom. The van der Waals surface area contributed by atoms with Gasteiger partial charge in [0.15, 0.2) is 0 Å². The number of aryl methyl sites for hydroxylation is 1. The van der Waals surface area contributed by atoms with Gasteiger partial charge in [-0.05, 0) is 54.4 Å². The van der Waals surface area contributed by atoms with E-state index in [1.807, 2.05) is 31.2 Å². The summed E-state index contributed by atoms with van der Waals surface area (Å²) in [6.45, 7) is 2.38. The molecule has 5 heteroatoms. The summed E-state index contributed by atoms with van der Waals surface area (Å²) in [6, 6.07) is 16.1. The first-order chi connectivity index (χ1) is 13.1. The third-order valence-electron chi connectivity index (χ3n) is 4.64. The fraction of sp³-hybridized carbons (Fsp3) is 0.0909. The second kappa shape index (κ2) is 7.03. The standard InChI is InChI=1S/C22H18FN3O/c1-14-18-11-15(12-25-22(27)16-5-4-10-24-13-16)8-9-20(18)26-21(14)17-6-2-3-7-19(17)23/h2-11,13,26H,12H2,1H3,(H,25,27). The van der Waals surface area contributed by atoms with Gasteiger partial charge in [-0.2, -0.15) is 0 Å². The van der Waals surface area contributed by atoms with Gasteiger partial charge in [-0.3, -0.25) is 9.78 Å². The highest BCUT2D eigenvalue weighted by atomic mass is 19.1. The normalized spacial score (nSPS) is 10.9. The van der Waals surface area contributed by atoms with Crippen molar-refractivity contribution in [1.82, 2.24) is 15.3 Å². The third kappa shape index (κ3) is 3.31. The van der Waals surface area contributed by atoms with E-state index < -0.39 is 0 Å². The number of benzene rings is 2. The Kier molecular flexibility index (Phi) is 4.42. The Morgan fingerprint density at radius 3 is 2.78 bits per heavy atom. The largest absolute Gasteiger partial charge is 0.354 e. The maximum atomic E-state index is 14.2. The number of hydrogen-bond acceptors (Lipinski definition) is 2. The summed E-state index contributed by atoms with van der Waals surface area (Å²) in [5, 5.41) is 3.91. The van der Waals surface area contributed by atoms with Crippen molar-refractivity contribution in [1.29, 1.82) is 0 Å². The molecule has 0 bridgehead atoms.